The molecule has 0 N–H and O–H groups in total. The molecule has 4 rings (SSSR count). The van der Waals surface area contributed by atoms with E-state index >= 15 is 0 Å². The molecule has 0 bridgehead atoms. The van der Waals surface area contributed by atoms with Crippen molar-refractivity contribution in [2.24, 2.45) is 0 Å². The molecule has 23 heavy (non-hydrogen) atoms. The highest BCUT2D eigenvalue weighted by Crippen LogP contribution is 2.32. The molecule has 0 amide bonds. The second-order valence-electron chi connectivity index (χ2n) is 4.71. The van der Waals surface area contributed by atoms with E-state index in [1.165, 1.54) is 0 Å². The first-order chi connectivity index (χ1) is 11.3. The van der Waals surface area contributed by atoms with Crippen LogP contribution in [0.15, 0.2) is 57.7 Å². The zero-order valence-electron chi connectivity index (χ0n) is 11.8. The molecule has 0 aliphatic heterocycles. The van der Waals surface area contributed by atoms with Crippen molar-refractivity contribution in [1.82, 2.24) is 15.0 Å². The summed E-state index contributed by atoms with van der Waals surface area (Å²) in [5.74, 6) is 1.92. The quantitative estimate of drug-likeness (QED) is 0.366. The Hall–Kier alpha value is -1.89. The predicted octanol–water partition coefficient (Wildman–Crippen LogP) is 5.29. The molecular formula is C16H10ClN3OS2. The third kappa shape index (κ3) is 2.97. The molecule has 0 unspecified atom stereocenters. The standard InChI is InChI=1S/C16H10ClN3OS2/c17-12-4-2-1-3-10(12)13-7-18-14(21-13)8-23-16-11-5-6-22-15(11)19-9-20-16/h1-7,9H,8H2. The molecule has 0 saturated heterocycles. The minimum Gasteiger partial charge on any atom is -0.440 e. The number of nitrogens with zero attached hydrogens (tertiary/aromatic N) is 3. The molecule has 3 aromatic heterocycles. The van der Waals surface area contributed by atoms with E-state index < -0.39 is 0 Å². The number of hydrogen-bond acceptors (Lipinski definition) is 6. The summed E-state index contributed by atoms with van der Waals surface area (Å²) in [5, 5.41) is 4.68. The molecule has 3 heterocycles. The van der Waals surface area contributed by atoms with Gasteiger partial charge in [-0.3, -0.25) is 0 Å². The SMILES string of the molecule is Clc1ccccc1-c1cnc(CSc2ncnc3sccc23)o1. The third-order valence-electron chi connectivity index (χ3n) is 3.25. The Kier molecular flexibility index (Phi) is 4.03. The van der Waals surface area contributed by atoms with Gasteiger partial charge < -0.3 is 4.42 Å². The normalized spacial score (nSPS) is 11.2. The molecule has 4 nitrogen and oxygen atoms in total. The van der Waals surface area contributed by atoms with Crippen molar-refractivity contribution < 1.29 is 4.42 Å². The van der Waals surface area contributed by atoms with Crippen molar-refractivity contribution in [3.05, 3.63) is 59.1 Å². The second kappa shape index (κ2) is 6.31. The van der Waals surface area contributed by atoms with Gasteiger partial charge >= 0.3 is 0 Å². The maximum absolute atomic E-state index is 6.19. The van der Waals surface area contributed by atoms with E-state index in [9.17, 15) is 0 Å². The Labute approximate surface area is 145 Å². The fourth-order valence-electron chi connectivity index (χ4n) is 2.17. The van der Waals surface area contributed by atoms with Crippen molar-refractivity contribution in [2.75, 3.05) is 0 Å². The van der Waals surface area contributed by atoms with Gasteiger partial charge in [-0.1, -0.05) is 35.5 Å². The lowest BCUT2D eigenvalue weighted by Gasteiger charge is -2.00. The third-order valence-corrected chi connectivity index (χ3v) is 5.39. The molecule has 0 fully saturated rings. The highest BCUT2D eigenvalue weighted by atomic mass is 35.5. The number of oxazole rings is 1. The van der Waals surface area contributed by atoms with Crippen LogP contribution in [0.3, 0.4) is 0 Å². The summed E-state index contributed by atoms with van der Waals surface area (Å²) in [7, 11) is 0. The number of benzene rings is 1. The number of aromatic nitrogens is 3. The average Bonchev–Trinajstić information content (AvgIpc) is 3.22. The molecule has 0 saturated carbocycles. The van der Waals surface area contributed by atoms with Crippen molar-refractivity contribution in [1.29, 1.82) is 0 Å². The van der Waals surface area contributed by atoms with E-state index in [0.29, 0.717) is 22.4 Å². The van der Waals surface area contributed by atoms with Crippen molar-refractivity contribution in [2.45, 2.75) is 10.8 Å². The molecule has 114 valence electrons. The topological polar surface area (TPSA) is 51.8 Å². The van der Waals surface area contributed by atoms with Crippen molar-refractivity contribution >= 4 is 44.9 Å². The van der Waals surface area contributed by atoms with E-state index in [1.807, 2.05) is 35.7 Å². The lowest BCUT2D eigenvalue weighted by molar-refractivity contribution is 0.530. The van der Waals surface area contributed by atoms with E-state index in [1.54, 1.807) is 35.6 Å². The zero-order chi connectivity index (χ0) is 15.6. The number of halogens is 1. The smallest absolute Gasteiger partial charge is 0.205 e. The first-order valence-electron chi connectivity index (χ1n) is 6.82. The molecule has 0 spiro atoms. The maximum Gasteiger partial charge on any atom is 0.205 e. The van der Waals surface area contributed by atoms with E-state index in [2.05, 4.69) is 15.0 Å². The number of thiophene rings is 1. The number of rotatable bonds is 4. The summed E-state index contributed by atoms with van der Waals surface area (Å²) in [6, 6.07) is 9.60. The van der Waals surface area contributed by atoms with Gasteiger partial charge in [-0.25, -0.2) is 15.0 Å². The lowest BCUT2D eigenvalue weighted by Crippen LogP contribution is -1.85. The number of fused-ring (bicyclic) bond motifs is 1. The van der Waals surface area contributed by atoms with Gasteiger partial charge in [-0.05, 0) is 23.6 Å². The summed E-state index contributed by atoms with van der Waals surface area (Å²) >= 11 is 9.38. The number of hydrogen-bond donors (Lipinski definition) is 0. The summed E-state index contributed by atoms with van der Waals surface area (Å²) in [5.41, 5.74) is 0.847. The predicted molar refractivity (Wildman–Crippen MR) is 93.9 cm³/mol. The molecule has 0 aliphatic carbocycles. The largest absolute Gasteiger partial charge is 0.440 e. The van der Waals surface area contributed by atoms with E-state index in [0.717, 1.165) is 20.8 Å². The van der Waals surface area contributed by atoms with Gasteiger partial charge in [0.1, 0.15) is 16.2 Å². The van der Waals surface area contributed by atoms with Crippen LogP contribution in [0.5, 0.6) is 0 Å². The summed E-state index contributed by atoms with van der Waals surface area (Å²) in [6.07, 6.45) is 3.29. The van der Waals surface area contributed by atoms with Crippen molar-refractivity contribution in [3.8, 4) is 11.3 Å². The summed E-state index contributed by atoms with van der Waals surface area (Å²) in [6.45, 7) is 0. The maximum atomic E-state index is 6.19. The van der Waals surface area contributed by atoms with E-state index in [-0.39, 0.29) is 0 Å². The first-order valence-corrected chi connectivity index (χ1v) is 9.06. The summed E-state index contributed by atoms with van der Waals surface area (Å²) in [4.78, 5) is 13.9. The van der Waals surface area contributed by atoms with Gasteiger partial charge in [0.2, 0.25) is 5.89 Å². The van der Waals surface area contributed by atoms with Crippen LogP contribution in [0, 0.1) is 0 Å². The highest BCUT2D eigenvalue weighted by molar-refractivity contribution is 7.98. The average molecular weight is 360 g/mol. The first kappa shape index (κ1) is 14.7. The van der Waals surface area contributed by atoms with Gasteiger partial charge in [0.15, 0.2) is 5.76 Å². The van der Waals surface area contributed by atoms with Crippen LogP contribution in [0.4, 0.5) is 0 Å². The molecular weight excluding hydrogens is 350 g/mol. The summed E-state index contributed by atoms with van der Waals surface area (Å²) < 4.78 is 5.81. The number of thioether (sulfide) groups is 1. The Balaban J connectivity index is 1.54. The van der Waals surface area contributed by atoms with Crippen LogP contribution in [-0.2, 0) is 5.75 Å². The van der Waals surface area contributed by atoms with Gasteiger partial charge in [0, 0.05) is 10.9 Å². The minimum atomic E-state index is 0.604. The molecule has 7 heteroatoms. The van der Waals surface area contributed by atoms with Crippen LogP contribution in [0.25, 0.3) is 21.5 Å². The molecule has 0 radical (unpaired) electrons. The van der Waals surface area contributed by atoms with Crippen molar-refractivity contribution in [3.63, 3.8) is 0 Å². The van der Waals surface area contributed by atoms with Gasteiger partial charge in [-0.15, -0.1) is 11.3 Å². The van der Waals surface area contributed by atoms with Crippen LogP contribution >= 0.6 is 34.7 Å². The van der Waals surface area contributed by atoms with Crippen LogP contribution in [-0.4, -0.2) is 15.0 Å². The Bertz CT molecular complexity index is 967. The molecule has 1 aromatic carbocycles. The molecule has 0 atom stereocenters. The van der Waals surface area contributed by atoms with Crippen LogP contribution < -0.4 is 0 Å². The zero-order valence-corrected chi connectivity index (χ0v) is 14.2. The van der Waals surface area contributed by atoms with E-state index in [4.69, 9.17) is 16.0 Å². The molecule has 0 aliphatic rings. The Morgan fingerprint density at radius 2 is 2.04 bits per heavy atom. The van der Waals surface area contributed by atoms with Crippen LogP contribution in [0.1, 0.15) is 5.89 Å². The van der Waals surface area contributed by atoms with Gasteiger partial charge in [0.25, 0.3) is 0 Å². The van der Waals surface area contributed by atoms with Gasteiger partial charge in [0.05, 0.1) is 17.0 Å². The van der Waals surface area contributed by atoms with Gasteiger partial charge in [-0.2, -0.15) is 0 Å². The minimum absolute atomic E-state index is 0.604. The Morgan fingerprint density at radius 3 is 2.96 bits per heavy atom. The second-order valence-corrected chi connectivity index (χ2v) is 6.97. The Morgan fingerprint density at radius 1 is 1.13 bits per heavy atom. The molecule has 4 aromatic rings. The highest BCUT2D eigenvalue weighted by Gasteiger charge is 2.11. The van der Waals surface area contributed by atoms with Crippen LogP contribution in [0.2, 0.25) is 5.02 Å². The lowest BCUT2D eigenvalue weighted by atomic mass is 10.2. The fraction of sp³-hybridized carbons (Fsp3) is 0.0625. The monoisotopic (exact) mass is 359 g/mol. The fourth-order valence-corrected chi connectivity index (χ4v) is 4.04.